The lowest BCUT2D eigenvalue weighted by molar-refractivity contribution is -0.116. The Morgan fingerprint density at radius 2 is 1.70 bits per heavy atom. The van der Waals surface area contributed by atoms with Gasteiger partial charge in [-0.3, -0.25) is 9.59 Å². The van der Waals surface area contributed by atoms with Gasteiger partial charge in [0, 0.05) is 30.8 Å². The Balaban J connectivity index is 1.56. The van der Waals surface area contributed by atoms with Gasteiger partial charge in [0.05, 0.1) is 4.90 Å². The first-order valence-electron chi connectivity index (χ1n) is 10.1. The molecule has 2 aromatic carbocycles. The smallest absolute Gasteiger partial charge is 0.248 e. The number of aryl methyl sites for hydroxylation is 2. The van der Waals surface area contributed by atoms with Gasteiger partial charge in [0.25, 0.3) is 0 Å². The quantitative estimate of drug-likeness (QED) is 0.705. The van der Waals surface area contributed by atoms with Gasteiger partial charge in [-0.2, -0.15) is 4.31 Å². The van der Waals surface area contributed by atoms with E-state index in [0.717, 1.165) is 24.8 Å². The highest BCUT2D eigenvalue weighted by Gasteiger charge is 2.25. The van der Waals surface area contributed by atoms with Crippen molar-refractivity contribution in [3.8, 4) is 0 Å². The zero-order chi connectivity index (χ0) is 21.7. The van der Waals surface area contributed by atoms with Crippen molar-refractivity contribution >= 4 is 27.5 Å². The topological polar surface area (TPSA) is 110 Å². The van der Waals surface area contributed by atoms with Crippen molar-refractivity contribution < 1.29 is 18.0 Å². The first kappa shape index (κ1) is 22.0. The molecule has 0 atom stereocenters. The van der Waals surface area contributed by atoms with Gasteiger partial charge in [0.15, 0.2) is 0 Å². The van der Waals surface area contributed by atoms with Gasteiger partial charge in [-0.25, -0.2) is 8.42 Å². The van der Waals surface area contributed by atoms with E-state index in [1.807, 2.05) is 0 Å². The van der Waals surface area contributed by atoms with Crippen LogP contribution in [0.1, 0.15) is 47.2 Å². The molecular weight excluding hydrogens is 402 g/mol. The summed E-state index contributed by atoms with van der Waals surface area (Å²) in [5.41, 5.74) is 7.91. The number of sulfonamides is 1. The van der Waals surface area contributed by atoms with Crippen LogP contribution < -0.4 is 11.1 Å². The molecular formula is C22H27N3O4S. The molecule has 1 saturated heterocycles. The molecule has 0 unspecified atom stereocenters. The number of hydrogen-bond acceptors (Lipinski definition) is 4. The highest BCUT2D eigenvalue weighted by molar-refractivity contribution is 7.89. The van der Waals surface area contributed by atoms with E-state index >= 15 is 0 Å². The van der Waals surface area contributed by atoms with Gasteiger partial charge in [0.2, 0.25) is 21.8 Å². The fourth-order valence-corrected chi connectivity index (χ4v) is 5.10. The van der Waals surface area contributed by atoms with E-state index in [-0.39, 0.29) is 12.3 Å². The maximum Gasteiger partial charge on any atom is 0.248 e. The molecule has 1 aliphatic heterocycles. The molecule has 2 amide bonds. The van der Waals surface area contributed by atoms with Gasteiger partial charge in [-0.15, -0.1) is 0 Å². The summed E-state index contributed by atoms with van der Waals surface area (Å²) in [6, 6.07) is 11.7. The third-order valence-electron chi connectivity index (χ3n) is 5.29. The zero-order valence-corrected chi connectivity index (χ0v) is 17.9. The first-order valence-corrected chi connectivity index (χ1v) is 11.5. The summed E-state index contributed by atoms with van der Waals surface area (Å²) < 4.78 is 26.9. The molecule has 0 aliphatic carbocycles. The predicted molar refractivity (Wildman–Crippen MR) is 116 cm³/mol. The van der Waals surface area contributed by atoms with E-state index in [9.17, 15) is 18.0 Å². The average Bonchev–Trinajstić information content (AvgIpc) is 2.73. The summed E-state index contributed by atoms with van der Waals surface area (Å²) in [6.07, 6.45) is 3.62. The zero-order valence-electron chi connectivity index (χ0n) is 17.1. The summed E-state index contributed by atoms with van der Waals surface area (Å²) in [7, 11) is -3.44. The molecule has 1 fully saturated rings. The Morgan fingerprint density at radius 1 is 1.03 bits per heavy atom. The number of piperidine rings is 1. The molecule has 0 aromatic heterocycles. The van der Waals surface area contributed by atoms with E-state index in [2.05, 4.69) is 5.32 Å². The Bertz CT molecular complexity index is 1030. The SMILES string of the molecule is Cc1cc(NC(=O)CCc2ccc(S(=O)(=O)N3CCCCC3)cc2)ccc1C(N)=O. The lowest BCUT2D eigenvalue weighted by atomic mass is 10.1. The lowest BCUT2D eigenvalue weighted by Crippen LogP contribution is -2.35. The minimum Gasteiger partial charge on any atom is -0.366 e. The molecule has 0 saturated carbocycles. The normalized spacial score (nSPS) is 15.0. The van der Waals surface area contributed by atoms with E-state index in [4.69, 9.17) is 5.73 Å². The minimum atomic E-state index is -3.44. The maximum absolute atomic E-state index is 12.7. The number of amides is 2. The van der Waals surface area contributed by atoms with Crippen molar-refractivity contribution in [2.24, 2.45) is 5.73 Å². The van der Waals surface area contributed by atoms with Gasteiger partial charge < -0.3 is 11.1 Å². The molecule has 1 aliphatic rings. The van der Waals surface area contributed by atoms with Crippen molar-refractivity contribution in [3.63, 3.8) is 0 Å². The largest absolute Gasteiger partial charge is 0.366 e. The van der Waals surface area contributed by atoms with E-state index in [1.165, 1.54) is 0 Å². The summed E-state index contributed by atoms with van der Waals surface area (Å²) >= 11 is 0. The summed E-state index contributed by atoms with van der Waals surface area (Å²) in [4.78, 5) is 23.8. The van der Waals surface area contributed by atoms with Crippen LogP contribution in [0, 0.1) is 6.92 Å². The monoisotopic (exact) mass is 429 g/mol. The first-order chi connectivity index (χ1) is 14.3. The lowest BCUT2D eigenvalue weighted by Gasteiger charge is -2.25. The van der Waals surface area contributed by atoms with Crippen LogP contribution in [-0.4, -0.2) is 37.6 Å². The number of rotatable bonds is 7. The van der Waals surface area contributed by atoms with Crippen molar-refractivity contribution in [2.45, 2.75) is 43.9 Å². The molecule has 3 rings (SSSR count). The number of carbonyl (C=O) groups is 2. The molecule has 0 spiro atoms. The third kappa shape index (κ3) is 5.25. The van der Waals surface area contributed by atoms with E-state index in [0.29, 0.717) is 41.2 Å². The molecule has 2 aromatic rings. The highest BCUT2D eigenvalue weighted by atomic mass is 32.2. The van der Waals surface area contributed by atoms with Crippen LogP contribution >= 0.6 is 0 Å². The molecule has 160 valence electrons. The molecule has 8 heteroatoms. The summed E-state index contributed by atoms with van der Waals surface area (Å²) in [5.74, 6) is -0.664. The van der Waals surface area contributed by atoms with E-state index in [1.54, 1.807) is 53.7 Å². The van der Waals surface area contributed by atoms with Crippen LogP contribution in [0.2, 0.25) is 0 Å². The van der Waals surface area contributed by atoms with Gasteiger partial charge in [0.1, 0.15) is 0 Å². The van der Waals surface area contributed by atoms with Crippen molar-refractivity contribution in [3.05, 3.63) is 59.2 Å². The number of hydrogen-bond donors (Lipinski definition) is 2. The van der Waals surface area contributed by atoms with Gasteiger partial charge >= 0.3 is 0 Å². The number of nitrogens with two attached hydrogens (primary N) is 1. The number of benzene rings is 2. The van der Waals surface area contributed by atoms with Gasteiger partial charge in [-0.05, 0) is 67.6 Å². The number of carbonyl (C=O) groups excluding carboxylic acids is 2. The Hall–Kier alpha value is -2.71. The molecule has 30 heavy (non-hydrogen) atoms. The Labute approximate surface area is 177 Å². The van der Waals surface area contributed by atoms with Crippen LogP contribution in [0.5, 0.6) is 0 Å². The standard InChI is InChI=1S/C22H27N3O4S/c1-16-15-18(8-11-20(16)22(23)27)24-21(26)12-7-17-5-9-19(10-6-17)30(28,29)25-13-3-2-4-14-25/h5-6,8-11,15H,2-4,7,12-14H2,1H3,(H2,23,27)(H,24,26). The third-order valence-corrected chi connectivity index (χ3v) is 7.21. The molecule has 0 bridgehead atoms. The van der Waals surface area contributed by atoms with E-state index < -0.39 is 15.9 Å². The van der Waals surface area contributed by atoms with Crippen molar-refractivity contribution in [2.75, 3.05) is 18.4 Å². The number of anilines is 1. The van der Waals surface area contributed by atoms with Crippen LogP contribution in [0.25, 0.3) is 0 Å². The molecule has 1 heterocycles. The highest BCUT2D eigenvalue weighted by Crippen LogP contribution is 2.21. The summed E-state index contributed by atoms with van der Waals surface area (Å²) in [6.45, 7) is 2.91. The molecule has 7 nitrogen and oxygen atoms in total. The number of nitrogens with one attached hydrogen (secondary N) is 1. The molecule has 0 radical (unpaired) electrons. The van der Waals surface area contributed by atoms with Crippen LogP contribution in [0.4, 0.5) is 5.69 Å². The predicted octanol–water partition coefficient (Wildman–Crippen LogP) is 2.84. The second-order valence-corrected chi connectivity index (χ2v) is 9.49. The van der Waals surface area contributed by atoms with Crippen molar-refractivity contribution in [1.82, 2.24) is 4.31 Å². The second kappa shape index (κ2) is 9.40. The fourth-order valence-electron chi connectivity index (χ4n) is 3.58. The number of nitrogens with zero attached hydrogens (tertiary/aromatic N) is 1. The van der Waals surface area contributed by atoms with Crippen LogP contribution in [0.3, 0.4) is 0 Å². The summed E-state index contributed by atoms with van der Waals surface area (Å²) in [5, 5.41) is 2.80. The van der Waals surface area contributed by atoms with Crippen molar-refractivity contribution in [1.29, 1.82) is 0 Å². The number of primary amides is 1. The fraction of sp³-hybridized carbons (Fsp3) is 0.364. The Morgan fingerprint density at radius 3 is 2.30 bits per heavy atom. The Kier molecular flexibility index (Phi) is 6.89. The second-order valence-electron chi connectivity index (χ2n) is 7.55. The van der Waals surface area contributed by atoms with Gasteiger partial charge in [-0.1, -0.05) is 18.6 Å². The maximum atomic E-state index is 12.7. The minimum absolute atomic E-state index is 0.161. The van der Waals surface area contributed by atoms with Crippen LogP contribution in [-0.2, 0) is 21.2 Å². The molecule has 3 N–H and O–H groups in total. The van der Waals surface area contributed by atoms with Crippen LogP contribution in [0.15, 0.2) is 47.4 Å². The average molecular weight is 430 g/mol.